The van der Waals surface area contributed by atoms with Crippen LogP contribution in [0.5, 0.6) is 11.5 Å². The molecule has 2 aliphatic rings. The van der Waals surface area contributed by atoms with Gasteiger partial charge in [0.2, 0.25) is 5.91 Å². The van der Waals surface area contributed by atoms with Gasteiger partial charge in [0, 0.05) is 19.0 Å². The first-order valence-corrected chi connectivity index (χ1v) is 7.51. The van der Waals surface area contributed by atoms with E-state index in [0.717, 1.165) is 23.6 Å². The lowest BCUT2D eigenvalue weighted by atomic mass is 9.99. The third-order valence-electron chi connectivity index (χ3n) is 3.94. The summed E-state index contributed by atoms with van der Waals surface area (Å²) < 4.78 is 11.2. The van der Waals surface area contributed by atoms with Crippen molar-refractivity contribution in [3.05, 3.63) is 23.8 Å². The van der Waals surface area contributed by atoms with Gasteiger partial charge in [0.1, 0.15) is 13.2 Å². The predicted molar refractivity (Wildman–Crippen MR) is 79.3 cm³/mol. The van der Waals surface area contributed by atoms with Crippen molar-refractivity contribution in [1.82, 2.24) is 4.90 Å². The second-order valence-corrected chi connectivity index (χ2v) is 6.16. The average molecular weight is 290 g/mol. The van der Waals surface area contributed by atoms with Crippen molar-refractivity contribution in [1.29, 1.82) is 0 Å². The van der Waals surface area contributed by atoms with Gasteiger partial charge in [0.15, 0.2) is 11.5 Å². The van der Waals surface area contributed by atoms with Crippen LogP contribution in [0.3, 0.4) is 0 Å². The van der Waals surface area contributed by atoms with Gasteiger partial charge in [-0.1, -0.05) is 19.9 Å². The summed E-state index contributed by atoms with van der Waals surface area (Å²) in [5.41, 5.74) is 7.24. The number of benzene rings is 1. The minimum atomic E-state index is -0.168. The van der Waals surface area contributed by atoms with Crippen LogP contribution in [0, 0.1) is 5.92 Å². The molecule has 5 nitrogen and oxygen atoms in total. The van der Waals surface area contributed by atoms with E-state index in [1.54, 1.807) is 0 Å². The molecule has 1 aromatic rings. The molecule has 1 fully saturated rings. The molecule has 2 aliphatic heterocycles. The van der Waals surface area contributed by atoms with Gasteiger partial charge in [-0.2, -0.15) is 0 Å². The van der Waals surface area contributed by atoms with Gasteiger partial charge in [-0.25, -0.2) is 0 Å². The van der Waals surface area contributed by atoms with Gasteiger partial charge in [0.05, 0.1) is 6.04 Å². The smallest absolute Gasteiger partial charge is 0.224 e. The summed E-state index contributed by atoms with van der Waals surface area (Å²) in [4.78, 5) is 14.1. The van der Waals surface area contributed by atoms with Crippen molar-refractivity contribution in [2.24, 2.45) is 11.7 Å². The van der Waals surface area contributed by atoms with Crippen LogP contribution in [0.2, 0.25) is 0 Å². The van der Waals surface area contributed by atoms with Gasteiger partial charge in [-0.05, 0) is 23.6 Å². The van der Waals surface area contributed by atoms with Crippen molar-refractivity contribution in [2.75, 3.05) is 19.8 Å². The summed E-state index contributed by atoms with van der Waals surface area (Å²) in [6.45, 7) is 6.08. The molecule has 0 spiro atoms. The Balaban J connectivity index is 1.91. The number of ether oxygens (including phenoxy) is 2. The average Bonchev–Trinajstić information content (AvgIpc) is 2.72. The lowest BCUT2D eigenvalue weighted by Crippen LogP contribution is -2.35. The van der Waals surface area contributed by atoms with E-state index in [1.165, 1.54) is 0 Å². The van der Waals surface area contributed by atoms with Crippen LogP contribution in [0.1, 0.15) is 31.9 Å². The lowest BCUT2D eigenvalue weighted by molar-refractivity contribution is -0.129. The first-order valence-electron chi connectivity index (χ1n) is 7.51. The first kappa shape index (κ1) is 14.2. The lowest BCUT2D eigenvalue weighted by Gasteiger charge is -2.29. The molecule has 5 heteroatoms. The molecule has 0 aromatic heterocycles. The van der Waals surface area contributed by atoms with Crippen LogP contribution in [-0.4, -0.2) is 36.6 Å². The maximum atomic E-state index is 12.2. The Labute approximate surface area is 125 Å². The van der Waals surface area contributed by atoms with Crippen molar-refractivity contribution >= 4 is 5.91 Å². The molecule has 1 saturated heterocycles. The van der Waals surface area contributed by atoms with Crippen molar-refractivity contribution in [3.8, 4) is 11.5 Å². The molecule has 2 atom stereocenters. The zero-order valence-corrected chi connectivity index (χ0v) is 12.5. The highest BCUT2D eigenvalue weighted by Crippen LogP contribution is 2.38. The summed E-state index contributed by atoms with van der Waals surface area (Å²) in [5, 5.41) is 0. The highest BCUT2D eigenvalue weighted by molar-refractivity contribution is 5.80. The van der Waals surface area contributed by atoms with Crippen LogP contribution in [0.25, 0.3) is 0 Å². The molecule has 21 heavy (non-hydrogen) atoms. The largest absolute Gasteiger partial charge is 0.486 e. The van der Waals surface area contributed by atoms with Gasteiger partial charge >= 0.3 is 0 Å². The number of carbonyl (C=O) groups is 1. The Kier molecular flexibility index (Phi) is 3.76. The minimum Gasteiger partial charge on any atom is -0.486 e. The highest BCUT2D eigenvalue weighted by atomic mass is 16.6. The van der Waals surface area contributed by atoms with E-state index >= 15 is 0 Å². The van der Waals surface area contributed by atoms with Crippen LogP contribution in [0.15, 0.2) is 18.2 Å². The van der Waals surface area contributed by atoms with Crippen molar-refractivity contribution < 1.29 is 14.3 Å². The van der Waals surface area contributed by atoms with E-state index in [-0.39, 0.29) is 18.0 Å². The summed E-state index contributed by atoms with van der Waals surface area (Å²) in [7, 11) is 0. The van der Waals surface area contributed by atoms with Crippen molar-refractivity contribution in [2.45, 2.75) is 32.4 Å². The van der Waals surface area contributed by atoms with E-state index in [0.29, 0.717) is 25.6 Å². The monoisotopic (exact) mass is 290 g/mol. The molecule has 114 valence electrons. The van der Waals surface area contributed by atoms with Gasteiger partial charge in [-0.3, -0.25) is 4.79 Å². The summed E-state index contributed by atoms with van der Waals surface area (Å²) >= 11 is 0. The molecule has 2 unspecified atom stereocenters. The maximum Gasteiger partial charge on any atom is 0.224 e. The Morgan fingerprint density at radius 2 is 2.00 bits per heavy atom. The van der Waals surface area contributed by atoms with Gasteiger partial charge < -0.3 is 20.1 Å². The van der Waals surface area contributed by atoms with Gasteiger partial charge in [0.25, 0.3) is 0 Å². The number of nitrogens with zero attached hydrogens (tertiary/aromatic N) is 1. The second-order valence-electron chi connectivity index (χ2n) is 6.16. The quantitative estimate of drug-likeness (QED) is 0.920. The Hall–Kier alpha value is -1.75. The summed E-state index contributed by atoms with van der Waals surface area (Å²) in [6, 6.07) is 5.62. The fourth-order valence-electron chi connectivity index (χ4n) is 3.10. The number of nitrogens with two attached hydrogens (primary N) is 1. The third-order valence-corrected chi connectivity index (χ3v) is 3.94. The zero-order chi connectivity index (χ0) is 15.0. The SMILES string of the molecule is CC(C)CN1C(=O)CC(N)C1c1ccc2c(c1)OCCO2. The summed E-state index contributed by atoms with van der Waals surface area (Å²) in [6.07, 6.45) is 0.409. The third kappa shape index (κ3) is 2.70. The fourth-order valence-corrected chi connectivity index (χ4v) is 3.10. The molecular formula is C16H22N2O3. The topological polar surface area (TPSA) is 64.8 Å². The molecule has 1 amide bonds. The van der Waals surface area contributed by atoms with Crippen LogP contribution in [-0.2, 0) is 4.79 Å². The molecule has 0 radical (unpaired) electrons. The molecule has 2 N–H and O–H groups in total. The normalized spacial score (nSPS) is 24.8. The van der Waals surface area contributed by atoms with E-state index in [1.807, 2.05) is 23.1 Å². The summed E-state index contributed by atoms with van der Waals surface area (Å²) in [5.74, 6) is 2.06. The Morgan fingerprint density at radius 3 is 2.71 bits per heavy atom. The standard InChI is InChI=1S/C16H22N2O3/c1-10(2)9-18-15(19)8-12(17)16(18)11-3-4-13-14(7-11)21-6-5-20-13/h3-4,7,10,12,16H,5-6,8-9,17H2,1-2H3. The number of hydrogen-bond donors (Lipinski definition) is 1. The number of amides is 1. The molecule has 3 rings (SSSR count). The maximum absolute atomic E-state index is 12.2. The van der Waals surface area contributed by atoms with Crippen molar-refractivity contribution in [3.63, 3.8) is 0 Å². The van der Waals surface area contributed by atoms with E-state index in [9.17, 15) is 4.79 Å². The first-order chi connectivity index (χ1) is 10.1. The second kappa shape index (κ2) is 5.56. The zero-order valence-electron chi connectivity index (χ0n) is 12.5. The van der Waals surface area contributed by atoms with Crippen LogP contribution >= 0.6 is 0 Å². The highest BCUT2D eigenvalue weighted by Gasteiger charge is 2.39. The Bertz CT molecular complexity index is 544. The van der Waals surface area contributed by atoms with E-state index in [2.05, 4.69) is 13.8 Å². The minimum absolute atomic E-state index is 0.0734. The molecule has 0 saturated carbocycles. The number of fused-ring (bicyclic) bond motifs is 1. The molecular weight excluding hydrogens is 268 g/mol. The van der Waals surface area contributed by atoms with Crippen LogP contribution in [0.4, 0.5) is 0 Å². The molecule has 0 aliphatic carbocycles. The Morgan fingerprint density at radius 1 is 1.29 bits per heavy atom. The predicted octanol–water partition coefficient (Wildman–Crippen LogP) is 1.71. The van der Waals surface area contributed by atoms with Crippen LogP contribution < -0.4 is 15.2 Å². The fraction of sp³-hybridized carbons (Fsp3) is 0.562. The number of carbonyl (C=O) groups excluding carboxylic acids is 1. The number of rotatable bonds is 3. The number of hydrogen-bond acceptors (Lipinski definition) is 4. The van der Waals surface area contributed by atoms with Gasteiger partial charge in [-0.15, -0.1) is 0 Å². The molecule has 0 bridgehead atoms. The van der Waals surface area contributed by atoms with E-state index in [4.69, 9.17) is 15.2 Å². The number of likely N-dealkylation sites (tertiary alicyclic amines) is 1. The molecule has 1 aromatic carbocycles. The van der Waals surface area contributed by atoms with E-state index < -0.39 is 0 Å². The molecule has 2 heterocycles.